The normalized spacial score (nSPS) is 24.7. The summed E-state index contributed by atoms with van der Waals surface area (Å²) >= 11 is 0. The van der Waals surface area contributed by atoms with Crippen LogP contribution in [0, 0.1) is 0 Å². The molecule has 1 amide bonds. The molecule has 0 saturated carbocycles. The number of carbonyl (C=O) groups is 1. The summed E-state index contributed by atoms with van der Waals surface area (Å²) in [6.07, 6.45) is 0.648. The smallest absolute Gasteiger partial charge is 0.414 e. The maximum atomic E-state index is 12.5. The number of benzene rings is 2. The molecule has 0 aromatic heterocycles. The highest BCUT2D eigenvalue weighted by atomic mass is 16.7. The Morgan fingerprint density at radius 2 is 1.44 bits per heavy atom. The van der Waals surface area contributed by atoms with Gasteiger partial charge in [-0.3, -0.25) is 5.32 Å². The van der Waals surface area contributed by atoms with E-state index in [-0.39, 0.29) is 12.2 Å². The first-order chi connectivity index (χ1) is 16.5. The zero-order valence-corrected chi connectivity index (χ0v) is 20.2. The van der Waals surface area contributed by atoms with Crippen LogP contribution in [0.3, 0.4) is 0 Å². The lowest BCUT2D eigenvalue weighted by molar-refractivity contribution is -0.288. The average Bonchev–Trinajstić information content (AvgIpc) is 2.84. The van der Waals surface area contributed by atoms with Gasteiger partial charge >= 0.3 is 6.09 Å². The Hall–Kier alpha value is -2.91. The molecule has 0 unspecified atom stereocenters. The van der Waals surface area contributed by atoms with E-state index in [9.17, 15) is 4.79 Å². The van der Waals surface area contributed by atoms with Gasteiger partial charge in [-0.25, -0.2) is 4.79 Å². The summed E-state index contributed by atoms with van der Waals surface area (Å²) in [5.74, 6) is 0.850. The molecule has 2 aromatic carbocycles. The van der Waals surface area contributed by atoms with Gasteiger partial charge in [0.15, 0.2) is 0 Å². The Morgan fingerprint density at radius 1 is 0.882 bits per heavy atom. The fraction of sp³-hybridized carbons (Fsp3) is 0.423. The predicted octanol–water partition coefficient (Wildman–Crippen LogP) is 4.59. The zero-order valence-electron chi connectivity index (χ0n) is 20.2. The number of rotatable bonds is 9. The third-order valence-electron chi connectivity index (χ3n) is 5.58. The van der Waals surface area contributed by atoms with Crippen LogP contribution >= 0.6 is 0 Å². The Balaban J connectivity index is 1.57. The van der Waals surface area contributed by atoms with Crippen LogP contribution in [0.2, 0.25) is 0 Å². The maximum absolute atomic E-state index is 12.5. The van der Waals surface area contributed by atoms with E-state index in [1.165, 1.54) is 7.11 Å². The van der Waals surface area contributed by atoms with Crippen LogP contribution in [0.5, 0.6) is 5.75 Å². The van der Waals surface area contributed by atoms with Crippen molar-refractivity contribution in [1.82, 2.24) is 0 Å². The molecule has 1 fully saturated rings. The molecule has 1 heterocycles. The van der Waals surface area contributed by atoms with Crippen molar-refractivity contribution in [3.05, 3.63) is 59.7 Å². The van der Waals surface area contributed by atoms with Gasteiger partial charge in [0, 0.05) is 27.0 Å². The zero-order chi connectivity index (χ0) is 24.5. The quantitative estimate of drug-likeness (QED) is 0.535. The van der Waals surface area contributed by atoms with E-state index < -0.39 is 24.6 Å². The molecule has 0 radical (unpaired) electrons. The van der Waals surface area contributed by atoms with E-state index in [4.69, 9.17) is 28.4 Å². The van der Waals surface area contributed by atoms with Gasteiger partial charge in [-0.1, -0.05) is 36.4 Å². The van der Waals surface area contributed by atoms with Crippen LogP contribution in [0.25, 0.3) is 12.2 Å². The van der Waals surface area contributed by atoms with E-state index in [2.05, 4.69) is 5.32 Å². The van der Waals surface area contributed by atoms with E-state index >= 15 is 0 Å². The highest BCUT2D eigenvalue weighted by Crippen LogP contribution is 2.28. The molecular formula is C26H33NO7. The fourth-order valence-corrected chi connectivity index (χ4v) is 3.87. The van der Waals surface area contributed by atoms with Gasteiger partial charge in [-0.15, -0.1) is 0 Å². The van der Waals surface area contributed by atoms with Gasteiger partial charge in [0.1, 0.15) is 24.1 Å². The minimum absolute atomic E-state index is 0.346. The third kappa shape index (κ3) is 6.57. The Morgan fingerprint density at radius 3 is 1.97 bits per heavy atom. The van der Waals surface area contributed by atoms with E-state index in [1.54, 1.807) is 26.4 Å². The summed E-state index contributed by atoms with van der Waals surface area (Å²) < 4.78 is 33.3. The van der Waals surface area contributed by atoms with Gasteiger partial charge in [0.05, 0.1) is 12.7 Å². The van der Waals surface area contributed by atoms with Crippen LogP contribution in [-0.4, -0.2) is 64.7 Å². The first-order valence-corrected chi connectivity index (χ1v) is 11.2. The van der Waals surface area contributed by atoms with E-state index in [1.807, 2.05) is 62.4 Å². The largest absolute Gasteiger partial charge is 0.494 e. The van der Waals surface area contributed by atoms with Gasteiger partial charge < -0.3 is 28.4 Å². The van der Waals surface area contributed by atoms with Gasteiger partial charge in [0.2, 0.25) is 6.29 Å². The van der Waals surface area contributed by atoms with Crippen LogP contribution < -0.4 is 10.1 Å². The van der Waals surface area contributed by atoms with Gasteiger partial charge in [-0.05, 0) is 49.2 Å². The summed E-state index contributed by atoms with van der Waals surface area (Å²) in [7, 11) is 4.65. The number of anilines is 1. The lowest BCUT2D eigenvalue weighted by atomic mass is 9.99. The summed E-state index contributed by atoms with van der Waals surface area (Å²) in [4.78, 5) is 12.5. The van der Waals surface area contributed by atoms with Crippen molar-refractivity contribution in [2.24, 2.45) is 0 Å². The number of hydrogen-bond donors (Lipinski definition) is 1. The first-order valence-electron chi connectivity index (χ1n) is 11.2. The standard InChI is InChI=1S/C26H33NO7/c1-6-32-21-15-11-19(12-16-21)8-7-18-9-13-20(14-10-18)27-26(28)34-25-24(31-5)23(30-4)22(29-3)17(2)33-25/h7-17,22-25H,6H2,1-5H3,(H,27,28)/t17-,22-,23+,24+,25-/m0/s1. The molecule has 0 bridgehead atoms. The van der Waals surface area contributed by atoms with Crippen LogP contribution in [0.4, 0.5) is 10.5 Å². The second-order valence-electron chi connectivity index (χ2n) is 7.80. The molecule has 1 saturated heterocycles. The van der Waals surface area contributed by atoms with Crippen molar-refractivity contribution < 1.29 is 33.2 Å². The van der Waals surface area contributed by atoms with Crippen molar-refractivity contribution in [2.75, 3.05) is 33.3 Å². The molecule has 0 spiro atoms. The summed E-state index contributed by atoms with van der Waals surface area (Å²) in [5.41, 5.74) is 2.65. The molecule has 5 atom stereocenters. The highest BCUT2D eigenvalue weighted by Gasteiger charge is 2.47. The monoisotopic (exact) mass is 471 g/mol. The second-order valence-corrected chi connectivity index (χ2v) is 7.80. The number of ether oxygens (including phenoxy) is 6. The lowest BCUT2D eigenvalue weighted by Crippen LogP contribution is -2.59. The molecule has 2 aromatic rings. The molecule has 8 nitrogen and oxygen atoms in total. The van der Waals surface area contributed by atoms with E-state index in [0.717, 1.165) is 16.9 Å². The van der Waals surface area contributed by atoms with Crippen molar-refractivity contribution in [3.8, 4) is 5.75 Å². The number of amides is 1. The maximum Gasteiger partial charge on any atom is 0.414 e. The van der Waals surface area contributed by atoms with Crippen molar-refractivity contribution in [3.63, 3.8) is 0 Å². The third-order valence-corrected chi connectivity index (χ3v) is 5.58. The summed E-state index contributed by atoms with van der Waals surface area (Å²) in [6.45, 7) is 4.44. The Bertz CT molecular complexity index is 929. The fourth-order valence-electron chi connectivity index (χ4n) is 3.87. The van der Waals surface area contributed by atoms with Gasteiger partial charge in [-0.2, -0.15) is 0 Å². The molecular weight excluding hydrogens is 438 g/mol. The molecule has 3 rings (SSSR count). The number of carbonyl (C=O) groups excluding carboxylic acids is 1. The van der Waals surface area contributed by atoms with Crippen molar-refractivity contribution in [1.29, 1.82) is 0 Å². The van der Waals surface area contributed by atoms with Crippen molar-refractivity contribution in [2.45, 2.75) is 44.6 Å². The predicted molar refractivity (Wildman–Crippen MR) is 130 cm³/mol. The SMILES string of the molecule is CCOc1ccc(C=Cc2ccc(NC(=O)O[C@@H]3O[C@@H](C)[C@H](OC)[C@@H](OC)[C@H]3OC)cc2)cc1. The Kier molecular flexibility index (Phi) is 9.47. The van der Waals surface area contributed by atoms with Crippen molar-refractivity contribution >= 4 is 23.9 Å². The number of hydrogen-bond acceptors (Lipinski definition) is 7. The Labute approximate surface area is 200 Å². The van der Waals surface area contributed by atoms with Crippen LogP contribution in [0.15, 0.2) is 48.5 Å². The molecule has 34 heavy (non-hydrogen) atoms. The minimum Gasteiger partial charge on any atom is -0.494 e. The molecule has 1 aliphatic rings. The van der Waals surface area contributed by atoms with Crippen LogP contribution in [-0.2, 0) is 23.7 Å². The molecule has 1 aliphatic heterocycles. The molecule has 8 heteroatoms. The summed E-state index contributed by atoms with van der Waals surface area (Å²) in [6, 6.07) is 15.3. The topological polar surface area (TPSA) is 84.5 Å². The van der Waals surface area contributed by atoms with Gasteiger partial charge in [0.25, 0.3) is 0 Å². The molecule has 1 N–H and O–H groups in total. The number of nitrogens with one attached hydrogen (secondary N) is 1. The number of methoxy groups -OCH3 is 3. The highest BCUT2D eigenvalue weighted by molar-refractivity contribution is 5.85. The molecule has 184 valence electrons. The minimum atomic E-state index is -0.937. The van der Waals surface area contributed by atoms with E-state index in [0.29, 0.717) is 12.3 Å². The first kappa shape index (κ1) is 25.7. The second kappa shape index (κ2) is 12.5. The average molecular weight is 472 g/mol. The summed E-state index contributed by atoms with van der Waals surface area (Å²) in [5, 5.41) is 2.72. The van der Waals surface area contributed by atoms with Crippen LogP contribution in [0.1, 0.15) is 25.0 Å². The lowest BCUT2D eigenvalue weighted by Gasteiger charge is -2.43. The molecule has 0 aliphatic carbocycles.